The first kappa shape index (κ1) is 12.7. The van der Waals surface area contributed by atoms with Gasteiger partial charge in [-0.1, -0.05) is 6.07 Å². The Bertz CT molecular complexity index is 662. The van der Waals surface area contributed by atoms with Crippen LogP contribution in [0, 0.1) is 11.6 Å². The number of aromatic nitrogens is 1. The maximum atomic E-state index is 13.5. The molecule has 1 heterocycles. The van der Waals surface area contributed by atoms with E-state index in [4.69, 9.17) is 15.9 Å². The number of hydrogen-bond donors (Lipinski definition) is 2. The van der Waals surface area contributed by atoms with E-state index in [1.165, 1.54) is 12.1 Å². The summed E-state index contributed by atoms with van der Waals surface area (Å²) in [4.78, 5) is 18.3. The highest BCUT2D eigenvalue weighted by atomic mass is 19.2. The van der Waals surface area contributed by atoms with Gasteiger partial charge in [0.1, 0.15) is 6.26 Å². The van der Waals surface area contributed by atoms with Crippen LogP contribution in [0.2, 0.25) is 0 Å². The Balaban J connectivity index is 2.39. The Kier molecular flexibility index (Phi) is 3.23. The van der Waals surface area contributed by atoms with Gasteiger partial charge in [0.15, 0.2) is 23.3 Å². The summed E-state index contributed by atoms with van der Waals surface area (Å²) in [7, 11) is 0. The lowest BCUT2D eigenvalue weighted by molar-refractivity contribution is 0.0998. The number of nitrogens with zero attached hydrogens (tertiary/aromatic N) is 2. The molecule has 0 bridgehead atoms. The van der Waals surface area contributed by atoms with E-state index in [2.05, 4.69) is 9.98 Å². The van der Waals surface area contributed by atoms with Gasteiger partial charge < -0.3 is 15.9 Å². The van der Waals surface area contributed by atoms with Crippen molar-refractivity contribution in [3.8, 4) is 11.5 Å². The summed E-state index contributed by atoms with van der Waals surface area (Å²) in [6, 6.07) is 3.50. The van der Waals surface area contributed by atoms with Gasteiger partial charge in [0.25, 0.3) is 0 Å². The number of carbonyl (C=O) groups is 1. The number of carbonyl (C=O) groups excluding carboxylic acids is 1. The third-order valence-corrected chi connectivity index (χ3v) is 2.14. The predicted molar refractivity (Wildman–Crippen MR) is 62.0 cm³/mol. The van der Waals surface area contributed by atoms with Gasteiger partial charge in [-0.15, -0.1) is 0 Å². The van der Waals surface area contributed by atoms with Crippen LogP contribution in [-0.4, -0.2) is 16.9 Å². The Morgan fingerprint density at radius 3 is 2.74 bits per heavy atom. The molecule has 6 nitrogen and oxygen atoms in total. The maximum Gasteiger partial charge on any atom is 0.302 e. The average Bonchev–Trinajstić information content (AvgIpc) is 2.81. The molecule has 1 aromatic heterocycles. The smallest absolute Gasteiger partial charge is 0.302 e. The molecule has 2 rings (SSSR count). The number of rotatable bonds is 2. The molecule has 2 aromatic rings. The number of oxazole rings is 1. The molecule has 0 aliphatic carbocycles. The fourth-order valence-corrected chi connectivity index (χ4v) is 1.34. The van der Waals surface area contributed by atoms with E-state index in [1.54, 1.807) is 0 Å². The first-order chi connectivity index (χ1) is 8.99. The largest absolute Gasteiger partial charge is 0.444 e. The summed E-state index contributed by atoms with van der Waals surface area (Å²) in [6.07, 6.45) is 0.953. The number of hydrogen-bond acceptors (Lipinski definition) is 3. The minimum Gasteiger partial charge on any atom is -0.444 e. The minimum absolute atomic E-state index is 0.205. The summed E-state index contributed by atoms with van der Waals surface area (Å²) in [5.41, 5.74) is 9.64. The molecule has 0 fully saturated rings. The molecule has 0 saturated carbocycles. The number of aliphatic imine (C=N–C) groups is 1. The van der Waals surface area contributed by atoms with Crippen molar-refractivity contribution in [3.05, 3.63) is 41.8 Å². The van der Waals surface area contributed by atoms with Crippen LogP contribution in [0.1, 0.15) is 10.5 Å². The zero-order valence-electron chi connectivity index (χ0n) is 9.43. The van der Waals surface area contributed by atoms with Crippen LogP contribution >= 0.6 is 0 Å². The number of guanidine groups is 1. The molecule has 0 saturated heterocycles. The Labute approximate surface area is 105 Å². The summed E-state index contributed by atoms with van der Waals surface area (Å²) in [6.45, 7) is 0. The van der Waals surface area contributed by atoms with Gasteiger partial charge in [-0.2, -0.15) is 4.99 Å². The Morgan fingerprint density at radius 1 is 1.32 bits per heavy atom. The van der Waals surface area contributed by atoms with Crippen molar-refractivity contribution in [1.29, 1.82) is 0 Å². The van der Waals surface area contributed by atoms with Crippen LogP contribution in [0.5, 0.6) is 0 Å². The molecule has 0 unspecified atom stereocenters. The molecule has 8 heteroatoms. The van der Waals surface area contributed by atoms with E-state index < -0.39 is 23.5 Å². The number of halogens is 2. The summed E-state index contributed by atoms with van der Waals surface area (Å²) >= 11 is 0. The van der Waals surface area contributed by atoms with Crippen molar-refractivity contribution >= 4 is 11.9 Å². The summed E-state index contributed by atoms with van der Waals surface area (Å²) < 4.78 is 31.4. The molecule has 1 aromatic carbocycles. The molecular formula is C11H8F2N4O2. The molecule has 0 radical (unpaired) electrons. The van der Waals surface area contributed by atoms with E-state index in [9.17, 15) is 13.6 Å². The fraction of sp³-hybridized carbons (Fsp3) is 0. The number of amides is 1. The SMILES string of the molecule is NC(N)=NC(=O)c1coc(-c2cccc(F)c2F)n1. The zero-order valence-corrected chi connectivity index (χ0v) is 9.43. The van der Waals surface area contributed by atoms with Crippen LogP contribution in [0.15, 0.2) is 33.9 Å². The van der Waals surface area contributed by atoms with E-state index in [-0.39, 0.29) is 17.1 Å². The monoisotopic (exact) mass is 266 g/mol. The molecule has 0 spiro atoms. The van der Waals surface area contributed by atoms with Crippen molar-refractivity contribution < 1.29 is 18.0 Å². The lowest BCUT2D eigenvalue weighted by Crippen LogP contribution is -2.24. The Hall–Kier alpha value is -2.77. The number of nitrogens with two attached hydrogens (primary N) is 2. The van der Waals surface area contributed by atoms with Crippen molar-refractivity contribution in [3.63, 3.8) is 0 Å². The highest BCUT2D eigenvalue weighted by Crippen LogP contribution is 2.23. The second-order valence-electron chi connectivity index (χ2n) is 3.48. The molecule has 4 N–H and O–H groups in total. The third-order valence-electron chi connectivity index (χ3n) is 2.14. The van der Waals surface area contributed by atoms with Crippen LogP contribution in [0.4, 0.5) is 8.78 Å². The summed E-state index contributed by atoms with van der Waals surface area (Å²) in [5.74, 6) is -3.69. The van der Waals surface area contributed by atoms with Gasteiger partial charge in [0.2, 0.25) is 5.89 Å². The van der Waals surface area contributed by atoms with E-state index in [0.717, 1.165) is 12.3 Å². The van der Waals surface area contributed by atoms with Crippen molar-refractivity contribution in [2.24, 2.45) is 16.5 Å². The molecule has 0 atom stereocenters. The molecule has 0 aliphatic heterocycles. The van der Waals surface area contributed by atoms with E-state index in [0.29, 0.717) is 0 Å². The van der Waals surface area contributed by atoms with Gasteiger partial charge in [0.05, 0.1) is 5.56 Å². The summed E-state index contributed by atoms with van der Waals surface area (Å²) in [5, 5.41) is 0. The van der Waals surface area contributed by atoms with Crippen molar-refractivity contribution in [2.75, 3.05) is 0 Å². The fourth-order valence-electron chi connectivity index (χ4n) is 1.34. The zero-order chi connectivity index (χ0) is 14.0. The highest BCUT2D eigenvalue weighted by Gasteiger charge is 2.17. The van der Waals surface area contributed by atoms with Gasteiger partial charge >= 0.3 is 5.91 Å². The van der Waals surface area contributed by atoms with Crippen LogP contribution in [-0.2, 0) is 0 Å². The highest BCUT2D eigenvalue weighted by molar-refractivity contribution is 6.00. The van der Waals surface area contributed by atoms with Crippen LogP contribution in [0.3, 0.4) is 0 Å². The van der Waals surface area contributed by atoms with E-state index in [1.807, 2.05) is 0 Å². The Morgan fingerprint density at radius 2 is 2.05 bits per heavy atom. The second kappa shape index (κ2) is 4.84. The first-order valence-corrected chi connectivity index (χ1v) is 5.03. The van der Waals surface area contributed by atoms with Gasteiger partial charge in [0, 0.05) is 0 Å². The standard InChI is InChI=1S/C11H8F2N4O2/c12-6-3-1-2-5(8(6)13)10-16-7(4-19-10)9(18)17-11(14)15/h1-4H,(H4,14,15,17,18). The molecule has 0 aliphatic rings. The molecule has 1 amide bonds. The average molecular weight is 266 g/mol. The topological polar surface area (TPSA) is 108 Å². The first-order valence-electron chi connectivity index (χ1n) is 5.03. The van der Waals surface area contributed by atoms with Gasteiger partial charge in [-0.25, -0.2) is 13.8 Å². The van der Waals surface area contributed by atoms with Crippen LogP contribution in [0.25, 0.3) is 11.5 Å². The predicted octanol–water partition coefficient (Wildman–Crippen LogP) is 1.03. The van der Waals surface area contributed by atoms with Gasteiger partial charge in [-0.05, 0) is 12.1 Å². The molecule has 98 valence electrons. The quantitative estimate of drug-likeness (QED) is 0.623. The van der Waals surface area contributed by atoms with Crippen LogP contribution < -0.4 is 11.5 Å². The minimum atomic E-state index is -1.12. The van der Waals surface area contributed by atoms with Crippen molar-refractivity contribution in [1.82, 2.24) is 4.98 Å². The molecular weight excluding hydrogens is 258 g/mol. The van der Waals surface area contributed by atoms with E-state index >= 15 is 0 Å². The number of benzene rings is 1. The third kappa shape index (κ3) is 2.57. The second-order valence-corrected chi connectivity index (χ2v) is 3.48. The lowest BCUT2D eigenvalue weighted by Gasteiger charge is -1.97. The van der Waals surface area contributed by atoms with Crippen molar-refractivity contribution in [2.45, 2.75) is 0 Å². The van der Waals surface area contributed by atoms with Gasteiger partial charge in [-0.3, -0.25) is 4.79 Å². The normalized spacial score (nSPS) is 10.2. The lowest BCUT2D eigenvalue weighted by atomic mass is 10.2. The molecule has 19 heavy (non-hydrogen) atoms. The maximum absolute atomic E-state index is 13.5.